The van der Waals surface area contributed by atoms with E-state index in [1.165, 1.54) is 45.9 Å². The van der Waals surface area contributed by atoms with Gasteiger partial charge in [-0.05, 0) is 82.1 Å². The number of nitrogens with zero attached hydrogens (tertiary/aromatic N) is 7. The lowest BCUT2D eigenvalue weighted by molar-refractivity contribution is -0.154. The number of hydrogen-bond acceptors (Lipinski definition) is 21. The first-order chi connectivity index (χ1) is 49.1. The number of fused-ring (bicyclic) bond motifs is 2. The van der Waals surface area contributed by atoms with Crippen LogP contribution in [0.3, 0.4) is 0 Å². The number of aromatic nitrogens is 5. The lowest BCUT2D eigenvalue weighted by atomic mass is 9.77. The number of rotatable bonds is 23. The van der Waals surface area contributed by atoms with Crippen molar-refractivity contribution < 1.29 is 57.3 Å². The van der Waals surface area contributed by atoms with Gasteiger partial charge in [-0.25, -0.2) is 24.4 Å². The Morgan fingerprint density at radius 1 is 0.614 bits per heavy atom. The number of oxime groups is 1. The molecule has 504 valence electrons. The van der Waals surface area contributed by atoms with Crippen molar-refractivity contribution in [1.82, 2.24) is 34.8 Å². The Bertz CT molecular complexity index is 4820. The zero-order chi connectivity index (χ0) is 70.2. The van der Waals surface area contributed by atoms with Crippen molar-refractivity contribution >= 4 is 93.1 Å². The molecule has 0 spiro atoms. The molecule has 0 bridgehead atoms. The molecular weight excluding hydrogens is 1340 g/mol. The van der Waals surface area contributed by atoms with Crippen LogP contribution in [0.25, 0.3) is 5.78 Å². The van der Waals surface area contributed by atoms with E-state index >= 15 is 14.4 Å². The van der Waals surface area contributed by atoms with Crippen molar-refractivity contribution in [1.29, 1.82) is 0 Å². The summed E-state index contributed by atoms with van der Waals surface area (Å²) >= 11 is 3.69. The minimum absolute atomic E-state index is 0.0497. The Balaban J connectivity index is 0.836. The van der Waals surface area contributed by atoms with Crippen LogP contribution in [-0.4, -0.2) is 99.8 Å². The molecule has 0 aliphatic carbocycles. The van der Waals surface area contributed by atoms with Crippen LogP contribution in [0.5, 0.6) is 11.5 Å². The number of aryl methyl sites for hydroxylation is 2. The maximum Gasteiger partial charge on any atom is 0.379 e. The van der Waals surface area contributed by atoms with Crippen LogP contribution in [0.1, 0.15) is 103 Å². The smallest absolute Gasteiger partial charge is 0.379 e. The quantitative estimate of drug-likeness (QED) is 0.00694. The summed E-state index contributed by atoms with van der Waals surface area (Å²) in [5.41, 5.74) is 4.78. The molecule has 13 rings (SSSR count). The molecule has 2 aliphatic heterocycles. The van der Waals surface area contributed by atoms with Gasteiger partial charge in [-0.15, -0.1) is 40.0 Å². The Morgan fingerprint density at radius 2 is 1.10 bits per heavy atom. The van der Waals surface area contributed by atoms with Crippen LogP contribution in [0.2, 0.25) is 0 Å². The third-order valence-corrected chi connectivity index (χ3v) is 19.7. The van der Waals surface area contributed by atoms with Gasteiger partial charge in [-0.1, -0.05) is 217 Å². The molecule has 24 heteroatoms. The predicted molar refractivity (Wildman–Crippen MR) is 380 cm³/mol. The van der Waals surface area contributed by atoms with Crippen LogP contribution in [0, 0.1) is 13.8 Å². The van der Waals surface area contributed by atoms with Crippen LogP contribution in [-0.2, 0) is 43.8 Å². The highest BCUT2D eigenvalue weighted by molar-refractivity contribution is 8.01. The fourth-order valence-corrected chi connectivity index (χ4v) is 15.1. The largest absolute Gasteiger partial charge is 0.448 e. The van der Waals surface area contributed by atoms with Gasteiger partial charge in [-0.3, -0.25) is 24.1 Å². The van der Waals surface area contributed by atoms with Crippen molar-refractivity contribution in [2.45, 2.75) is 61.9 Å². The average Bonchev–Trinajstić information content (AvgIpc) is 1.57. The number of nitrogens with one attached hydrogen (secondary N) is 2. The number of ether oxygens (including phenoxy) is 4. The molecule has 2 amide bonds. The van der Waals surface area contributed by atoms with Crippen LogP contribution in [0.15, 0.2) is 257 Å². The first-order valence-electron chi connectivity index (χ1n) is 31.8. The fourth-order valence-electron chi connectivity index (χ4n) is 11.9. The second-order valence-electron chi connectivity index (χ2n) is 23.3. The molecule has 5 heterocycles. The molecule has 2 N–H and O–H groups in total. The van der Waals surface area contributed by atoms with Gasteiger partial charge in [0.2, 0.25) is 0 Å². The van der Waals surface area contributed by atoms with E-state index in [1.54, 1.807) is 18.4 Å². The number of thiazole rings is 1. The number of carbonyl (C=O) groups is 7. The number of β-lactam (4-membered cyclic amide) rings is 1. The number of amides is 2. The van der Waals surface area contributed by atoms with E-state index in [4.69, 9.17) is 28.8 Å². The highest BCUT2D eigenvalue weighted by Gasteiger charge is 2.55. The van der Waals surface area contributed by atoms with Crippen LogP contribution < -0.4 is 20.1 Å². The highest BCUT2D eigenvalue weighted by Crippen LogP contribution is 2.45. The summed E-state index contributed by atoms with van der Waals surface area (Å²) < 4.78 is 24.7. The summed E-state index contributed by atoms with van der Waals surface area (Å²) in [4.78, 5) is 120. The Morgan fingerprint density at radius 3 is 1.60 bits per heavy atom. The second kappa shape index (κ2) is 30.1. The van der Waals surface area contributed by atoms with E-state index in [2.05, 4.69) is 30.9 Å². The van der Waals surface area contributed by atoms with Crippen LogP contribution in [0.4, 0.5) is 5.13 Å². The molecule has 1 fully saturated rings. The van der Waals surface area contributed by atoms with Crippen LogP contribution >= 0.6 is 34.9 Å². The minimum Gasteiger partial charge on any atom is -0.448 e. The summed E-state index contributed by atoms with van der Waals surface area (Å²) in [6.45, 7) is 5.59. The number of benzene rings is 8. The monoisotopic (exact) mass is 1400 g/mol. The Labute approximate surface area is 591 Å². The maximum atomic E-state index is 15.4. The zero-order valence-electron chi connectivity index (χ0n) is 54.5. The number of anilines is 1. The molecule has 21 nitrogen and oxygen atoms in total. The lowest BCUT2D eigenvalue weighted by Crippen LogP contribution is -2.71. The van der Waals surface area contributed by atoms with Crippen molar-refractivity contribution in [3.63, 3.8) is 0 Å². The van der Waals surface area contributed by atoms with Gasteiger partial charge in [0.05, 0.1) is 5.56 Å². The normalized spacial score (nSPS) is 14.4. The summed E-state index contributed by atoms with van der Waals surface area (Å²) in [6, 6.07) is 69.3. The van der Waals surface area contributed by atoms with E-state index < -0.39 is 76.5 Å². The first kappa shape index (κ1) is 67.7. The van der Waals surface area contributed by atoms with Crippen molar-refractivity contribution in [3.05, 3.63) is 314 Å². The maximum absolute atomic E-state index is 15.4. The van der Waals surface area contributed by atoms with E-state index in [0.29, 0.717) is 32.6 Å². The van der Waals surface area contributed by atoms with E-state index in [1.807, 2.05) is 212 Å². The summed E-state index contributed by atoms with van der Waals surface area (Å²) in [6.07, 6.45) is -1.70. The third-order valence-electron chi connectivity index (χ3n) is 16.5. The third kappa shape index (κ3) is 14.7. The predicted octanol–water partition coefficient (Wildman–Crippen LogP) is 12.7. The zero-order valence-corrected chi connectivity index (χ0v) is 56.9. The standard InChI is InChI=1S/C77H61N9O12S3/c1-46-40-60(94-48(3)87)61(95-49(4)88)42-58(46)72(91)98-84-63(59-45-101-76(79-59)82-77(55-34-20-9-21-35-55,56-36-22-10-23-37-56)57-38-24-11-25-39-57)69(89)80-64-70(90)85-65(73(92)96-66(50-26-12-5-13-27-50)51-28-14-6-15-29-51)54(44-100-71(64)85)43-99-62-41-47(2)78-75-81-68(83-86(62)75)74(93)97-67(52-30-16-7-17-31-52)53-32-18-8-19-33-53/h5-42,45,64,66-67,71H,43-44H2,1-4H3,(H,79,82)(H,80,89)/t64-,71-/m1/s1. The van der Waals surface area contributed by atoms with E-state index in [9.17, 15) is 19.2 Å². The molecule has 1 saturated heterocycles. The van der Waals surface area contributed by atoms with Gasteiger partial charge in [0.15, 0.2) is 34.6 Å². The number of esters is 4. The van der Waals surface area contributed by atoms with Crippen molar-refractivity contribution in [3.8, 4) is 11.5 Å². The number of hydrogen-bond donors (Lipinski definition) is 2. The van der Waals surface area contributed by atoms with Gasteiger partial charge in [0.25, 0.3) is 23.4 Å². The molecule has 8 aromatic carbocycles. The molecule has 3 aromatic heterocycles. The molecule has 2 atom stereocenters. The van der Waals surface area contributed by atoms with Gasteiger partial charge in [-0.2, -0.15) is 9.50 Å². The van der Waals surface area contributed by atoms with Gasteiger partial charge in [0.1, 0.15) is 33.4 Å². The van der Waals surface area contributed by atoms with E-state index in [-0.39, 0.29) is 57.1 Å². The van der Waals surface area contributed by atoms with Gasteiger partial charge in [0, 0.05) is 36.4 Å². The van der Waals surface area contributed by atoms with Gasteiger partial charge >= 0.3 is 29.8 Å². The molecule has 0 unspecified atom stereocenters. The Hall–Kier alpha value is -11.9. The molecule has 2 aliphatic rings. The molecule has 0 radical (unpaired) electrons. The Kier molecular flexibility index (Phi) is 20.2. The van der Waals surface area contributed by atoms with Gasteiger partial charge < -0.3 is 34.4 Å². The van der Waals surface area contributed by atoms with Crippen molar-refractivity contribution in [2.24, 2.45) is 5.16 Å². The topological polar surface area (TPSA) is 261 Å². The first-order valence-corrected chi connectivity index (χ1v) is 34.7. The summed E-state index contributed by atoms with van der Waals surface area (Å²) in [5, 5.41) is 16.8. The summed E-state index contributed by atoms with van der Waals surface area (Å²) in [7, 11) is 0. The molecule has 11 aromatic rings. The van der Waals surface area contributed by atoms with Crippen molar-refractivity contribution in [2.75, 3.05) is 16.8 Å². The average molecular weight is 1400 g/mol. The number of carbonyl (C=O) groups excluding carboxylic acids is 7. The lowest BCUT2D eigenvalue weighted by Gasteiger charge is -2.49. The van der Waals surface area contributed by atoms with E-state index in [0.717, 1.165) is 59.1 Å². The summed E-state index contributed by atoms with van der Waals surface area (Å²) in [5.74, 6) is -6.15. The molecule has 0 saturated carbocycles. The second-order valence-corrected chi connectivity index (χ2v) is 26.3. The molecule has 101 heavy (non-hydrogen) atoms. The highest BCUT2D eigenvalue weighted by atomic mass is 32.2. The minimum atomic E-state index is -1.30. The molecular formula is C77H61N9O12S3. The SMILES string of the molecule is CC(=O)Oc1cc(C)c(C(=O)ON=C(C(=O)N[C@@H]2C(=O)N3C(C(=O)OC(c4ccccc4)c4ccccc4)=C(CSc4cc(C)nc5nc(C(=O)OC(c6ccccc6)c6ccccc6)nn45)CS[C@H]23)c2csc(NC(c3ccccc3)(c3ccccc3)c3ccccc3)n2)cc1OC(C)=O. The fraction of sp³-hybridized carbons (Fsp3) is 0.143. The number of thioether (sulfide) groups is 2.